The Morgan fingerprint density at radius 1 is 1.41 bits per heavy atom. The lowest BCUT2D eigenvalue weighted by Crippen LogP contribution is -2.28. The highest BCUT2D eigenvalue weighted by molar-refractivity contribution is 7.81. The minimum absolute atomic E-state index is 0.276. The normalized spacial score (nSPS) is 25.1. The molecule has 1 aliphatic rings. The molecule has 27 heavy (non-hydrogen) atoms. The number of fused-ring (bicyclic) bond motifs is 1. The van der Waals surface area contributed by atoms with Crippen LogP contribution in [0.15, 0.2) is 6.33 Å². The third-order valence-corrected chi connectivity index (χ3v) is 5.18. The van der Waals surface area contributed by atoms with Crippen LogP contribution >= 0.6 is 12.6 Å². The van der Waals surface area contributed by atoms with Gasteiger partial charge in [0.1, 0.15) is 5.52 Å². The van der Waals surface area contributed by atoms with Gasteiger partial charge in [-0.25, -0.2) is 15.0 Å². The highest BCUT2D eigenvalue weighted by Gasteiger charge is 2.43. The fourth-order valence-corrected chi connectivity index (χ4v) is 3.61. The van der Waals surface area contributed by atoms with Crippen molar-refractivity contribution in [3.05, 3.63) is 12.2 Å². The fraction of sp³-hybridized carbons (Fsp3) is 0.632. The molecule has 146 valence electrons. The molecule has 1 saturated heterocycles. The molecular formula is C19H27N5O2S. The van der Waals surface area contributed by atoms with Crippen molar-refractivity contribution in [1.29, 1.82) is 0 Å². The number of hydrogen-bond donors (Lipinski definition) is 3. The molecule has 3 rings (SSSR count). The first-order valence-corrected chi connectivity index (χ1v) is 9.94. The molecule has 3 heterocycles. The molecule has 8 heteroatoms. The molecule has 1 fully saturated rings. The van der Waals surface area contributed by atoms with Gasteiger partial charge in [0.2, 0.25) is 5.82 Å². The van der Waals surface area contributed by atoms with Crippen LogP contribution in [-0.2, 0) is 4.74 Å². The standard InChI is InChI=1S/C19H27N5O2S/c1-4-5-6-7-8-13-22-17(20)14-18(23-13)24(10-21-14)19-16(27)15(25)12(26-19)9-11(2)3/h10-12,15-16,19,25,27H,4-6,9H2,1-3H3,(H2,20,22,23)/t12-,15-,16-,19-/m1/s1. The van der Waals surface area contributed by atoms with E-state index in [1.165, 1.54) is 0 Å². The van der Waals surface area contributed by atoms with Crippen molar-refractivity contribution in [2.45, 2.75) is 70.1 Å². The zero-order valence-electron chi connectivity index (χ0n) is 16.0. The Bertz CT molecular complexity index is 857. The molecule has 0 aliphatic carbocycles. The molecule has 2 aromatic rings. The molecule has 2 aromatic heterocycles. The van der Waals surface area contributed by atoms with E-state index in [-0.39, 0.29) is 17.2 Å². The van der Waals surface area contributed by atoms with Gasteiger partial charge in [-0.05, 0) is 24.7 Å². The van der Waals surface area contributed by atoms with Gasteiger partial charge in [0.25, 0.3) is 0 Å². The van der Waals surface area contributed by atoms with Crippen LogP contribution in [0.2, 0.25) is 0 Å². The van der Waals surface area contributed by atoms with E-state index in [1.54, 1.807) is 10.9 Å². The van der Waals surface area contributed by atoms with Gasteiger partial charge in [-0.1, -0.05) is 33.1 Å². The topological polar surface area (TPSA) is 99.1 Å². The first-order valence-electron chi connectivity index (χ1n) is 9.42. The summed E-state index contributed by atoms with van der Waals surface area (Å²) in [5.74, 6) is 7.10. The predicted molar refractivity (Wildman–Crippen MR) is 108 cm³/mol. The van der Waals surface area contributed by atoms with Crippen LogP contribution in [0.4, 0.5) is 5.82 Å². The number of hydrogen-bond acceptors (Lipinski definition) is 7. The molecule has 0 spiro atoms. The van der Waals surface area contributed by atoms with Crippen LogP contribution in [0.1, 0.15) is 58.5 Å². The number of aliphatic hydroxyl groups is 1. The maximum absolute atomic E-state index is 10.5. The zero-order valence-corrected chi connectivity index (χ0v) is 16.9. The van der Waals surface area contributed by atoms with Gasteiger partial charge < -0.3 is 15.6 Å². The highest BCUT2D eigenvalue weighted by atomic mass is 32.1. The minimum Gasteiger partial charge on any atom is -0.389 e. The van der Waals surface area contributed by atoms with Crippen LogP contribution in [0.25, 0.3) is 11.2 Å². The first kappa shape index (κ1) is 19.9. The van der Waals surface area contributed by atoms with Gasteiger partial charge in [-0.3, -0.25) is 4.57 Å². The summed E-state index contributed by atoms with van der Waals surface area (Å²) in [5, 5.41) is 10.1. The van der Waals surface area contributed by atoms with E-state index >= 15 is 0 Å². The summed E-state index contributed by atoms with van der Waals surface area (Å²) in [6.07, 6.45) is 3.88. The average Bonchev–Trinajstić information content (AvgIpc) is 3.15. The lowest BCUT2D eigenvalue weighted by atomic mass is 10.0. The Kier molecular flexibility index (Phi) is 6.25. The van der Waals surface area contributed by atoms with Crippen molar-refractivity contribution in [3.8, 4) is 11.8 Å². The molecule has 0 radical (unpaired) electrons. The molecule has 0 saturated carbocycles. The van der Waals surface area contributed by atoms with Gasteiger partial charge in [0, 0.05) is 6.42 Å². The highest BCUT2D eigenvalue weighted by Crippen LogP contribution is 2.37. The predicted octanol–water partition coefficient (Wildman–Crippen LogP) is 2.55. The number of nitrogens with two attached hydrogens (primary N) is 1. The Balaban J connectivity index is 1.92. The number of nitrogens with zero attached hydrogens (tertiary/aromatic N) is 4. The maximum Gasteiger partial charge on any atom is 0.208 e. The van der Waals surface area contributed by atoms with Gasteiger partial charge in [0.15, 0.2) is 17.7 Å². The van der Waals surface area contributed by atoms with Crippen molar-refractivity contribution in [2.75, 3.05) is 5.73 Å². The molecule has 1 aliphatic heterocycles. The minimum atomic E-state index is -0.661. The number of rotatable bonds is 5. The summed E-state index contributed by atoms with van der Waals surface area (Å²) >= 11 is 4.58. The molecule has 7 nitrogen and oxygen atoms in total. The second kappa shape index (κ2) is 8.46. The van der Waals surface area contributed by atoms with E-state index < -0.39 is 12.3 Å². The van der Waals surface area contributed by atoms with E-state index in [9.17, 15) is 5.11 Å². The number of aliphatic hydroxyl groups excluding tert-OH is 1. The second-order valence-electron chi connectivity index (χ2n) is 7.34. The number of anilines is 1. The second-order valence-corrected chi connectivity index (χ2v) is 7.93. The molecule has 0 bridgehead atoms. The SMILES string of the molecule is CCCCC#Cc1nc(N)c2ncn([C@@H]3O[C@H](CC(C)C)[C@@H](O)[C@H]3S)c2n1. The van der Waals surface area contributed by atoms with Gasteiger partial charge in [0.05, 0.1) is 23.8 Å². The molecule has 4 atom stereocenters. The van der Waals surface area contributed by atoms with Crippen LogP contribution in [0, 0.1) is 17.8 Å². The number of nitrogen functional groups attached to an aromatic ring is 1. The Labute approximate surface area is 165 Å². The third-order valence-electron chi connectivity index (χ3n) is 4.62. The summed E-state index contributed by atoms with van der Waals surface area (Å²) in [6.45, 7) is 6.32. The maximum atomic E-state index is 10.5. The van der Waals surface area contributed by atoms with Crippen LogP contribution in [-0.4, -0.2) is 42.1 Å². The van der Waals surface area contributed by atoms with Crippen LogP contribution < -0.4 is 5.73 Å². The van der Waals surface area contributed by atoms with E-state index in [0.717, 1.165) is 25.7 Å². The lowest BCUT2D eigenvalue weighted by molar-refractivity contribution is -0.0262. The summed E-state index contributed by atoms with van der Waals surface area (Å²) in [5.41, 5.74) is 7.10. The van der Waals surface area contributed by atoms with E-state index in [2.05, 4.69) is 60.2 Å². The quantitative estimate of drug-likeness (QED) is 0.413. The van der Waals surface area contributed by atoms with E-state index in [1.807, 2.05) is 0 Å². The number of thiol groups is 1. The smallest absolute Gasteiger partial charge is 0.208 e. The summed E-state index contributed by atoms with van der Waals surface area (Å²) < 4.78 is 7.87. The molecule has 3 N–H and O–H groups in total. The zero-order chi connectivity index (χ0) is 19.6. The molecular weight excluding hydrogens is 362 g/mol. The fourth-order valence-electron chi connectivity index (χ4n) is 3.21. The lowest BCUT2D eigenvalue weighted by Gasteiger charge is -2.17. The van der Waals surface area contributed by atoms with Gasteiger partial charge >= 0.3 is 0 Å². The van der Waals surface area contributed by atoms with Crippen molar-refractivity contribution in [1.82, 2.24) is 19.5 Å². The Hall–Kier alpha value is -1.82. The Morgan fingerprint density at radius 3 is 2.89 bits per heavy atom. The number of imidazole rings is 1. The number of unbranched alkanes of at least 4 members (excludes halogenated alkanes) is 2. The van der Waals surface area contributed by atoms with Crippen molar-refractivity contribution >= 4 is 29.6 Å². The largest absolute Gasteiger partial charge is 0.389 e. The Morgan fingerprint density at radius 2 is 2.19 bits per heavy atom. The summed E-state index contributed by atoms with van der Waals surface area (Å²) in [6, 6.07) is 0. The van der Waals surface area contributed by atoms with Crippen LogP contribution in [0.5, 0.6) is 0 Å². The number of ether oxygens (including phenoxy) is 1. The van der Waals surface area contributed by atoms with E-state index in [0.29, 0.717) is 22.9 Å². The first-order chi connectivity index (χ1) is 12.9. The molecule has 0 unspecified atom stereocenters. The van der Waals surface area contributed by atoms with Gasteiger partial charge in [-0.2, -0.15) is 12.6 Å². The van der Waals surface area contributed by atoms with Crippen LogP contribution in [0.3, 0.4) is 0 Å². The molecule has 0 amide bonds. The van der Waals surface area contributed by atoms with E-state index in [4.69, 9.17) is 10.5 Å². The van der Waals surface area contributed by atoms with Crippen molar-refractivity contribution in [2.24, 2.45) is 5.92 Å². The summed E-state index contributed by atoms with van der Waals surface area (Å²) in [4.78, 5) is 13.1. The summed E-state index contributed by atoms with van der Waals surface area (Å²) in [7, 11) is 0. The molecule has 0 aromatic carbocycles. The van der Waals surface area contributed by atoms with Crippen molar-refractivity contribution < 1.29 is 9.84 Å². The number of aromatic nitrogens is 4. The monoisotopic (exact) mass is 389 g/mol. The van der Waals surface area contributed by atoms with Gasteiger partial charge in [-0.15, -0.1) is 0 Å². The average molecular weight is 390 g/mol. The van der Waals surface area contributed by atoms with Crippen molar-refractivity contribution in [3.63, 3.8) is 0 Å². The third kappa shape index (κ3) is 4.21.